The van der Waals surface area contributed by atoms with E-state index in [1.807, 2.05) is 19.1 Å². The molecule has 0 amide bonds. The van der Waals surface area contributed by atoms with E-state index in [0.717, 1.165) is 12.3 Å². The monoisotopic (exact) mass is 208 g/mol. The van der Waals surface area contributed by atoms with Gasteiger partial charge in [0, 0.05) is 6.42 Å². The Morgan fingerprint density at radius 1 is 1.20 bits per heavy atom. The molecular weight excluding hydrogens is 184 g/mol. The van der Waals surface area contributed by atoms with Crippen LogP contribution in [0.2, 0.25) is 0 Å². The van der Waals surface area contributed by atoms with Gasteiger partial charge in [0.2, 0.25) is 0 Å². The zero-order valence-electron chi connectivity index (χ0n) is 10.3. The SMILES string of the molecule is CCC(=O)/C=C\C=C\CCCCC(C)C. The van der Waals surface area contributed by atoms with Gasteiger partial charge in [-0.05, 0) is 24.8 Å². The number of hydrogen-bond acceptors (Lipinski definition) is 1. The summed E-state index contributed by atoms with van der Waals surface area (Å²) in [6, 6.07) is 0. The molecule has 1 nitrogen and oxygen atoms in total. The maximum Gasteiger partial charge on any atom is 0.155 e. The Balaban J connectivity index is 3.39. The van der Waals surface area contributed by atoms with Crippen LogP contribution in [0.5, 0.6) is 0 Å². The summed E-state index contributed by atoms with van der Waals surface area (Å²) in [5.74, 6) is 1.01. The summed E-state index contributed by atoms with van der Waals surface area (Å²) in [5.41, 5.74) is 0. The molecule has 0 bridgehead atoms. The Labute approximate surface area is 94.3 Å². The van der Waals surface area contributed by atoms with Crippen molar-refractivity contribution in [3.63, 3.8) is 0 Å². The van der Waals surface area contributed by atoms with Crippen molar-refractivity contribution >= 4 is 5.78 Å². The highest BCUT2D eigenvalue weighted by atomic mass is 16.1. The maximum atomic E-state index is 10.9. The molecule has 15 heavy (non-hydrogen) atoms. The summed E-state index contributed by atoms with van der Waals surface area (Å²) < 4.78 is 0. The van der Waals surface area contributed by atoms with Gasteiger partial charge in [-0.3, -0.25) is 4.79 Å². The smallest absolute Gasteiger partial charge is 0.155 e. The minimum absolute atomic E-state index is 0.194. The molecule has 0 fully saturated rings. The first kappa shape index (κ1) is 14.2. The second-order valence-corrected chi connectivity index (χ2v) is 4.29. The summed E-state index contributed by atoms with van der Waals surface area (Å²) in [7, 11) is 0. The molecule has 0 N–H and O–H groups in total. The molecule has 0 aliphatic carbocycles. The Morgan fingerprint density at radius 2 is 1.93 bits per heavy atom. The molecule has 0 atom stereocenters. The van der Waals surface area contributed by atoms with Crippen molar-refractivity contribution in [3.8, 4) is 0 Å². The molecule has 0 saturated carbocycles. The van der Waals surface area contributed by atoms with Crippen molar-refractivity contribution in [3.05, 3.63) is 24.3 Å². The molecule has 0 heterocycles. The van der Waals surface area contributed by atoms with E-state index in [-0.39, 0.29) is 5.78 Å². The molecule has 0 radical (unpaired) electrons. The van der Waals surface area contributed by atoms with E-state index in [4.69, 9.17) is 0 Å². The summed E-state index contributed by atoms with van der Waals surface area (Å²) in [5, 5.41) is 0. The van der Waals surface area contributed by atoms with Gasteiger partial charge in [0.15, 0.2) is 5.78 Å². The van der Waals surface area contributed by atoms with Gasteiger partial charge in [0.25, 0.3) is 0 Å². The van der Waals surface area contributed by atoms with Gasteiger partial charge >= 0.3 is 0 Å². The minimum Gasteiger partial charge on any atom is -0.295 e. The predicted octanol–water partition coefficient (Wildman–Crippen LogP) is 4.29. The molecule has 0 spiro atoms. The first-order valence-corrected chi connectivity index (χ1v) is 6.02. The van der Waals surface area contributed by atoms with E-state index in [1.165, 1.54) is 19.3 Å². The van der Waals surface area contributed by atoms with Crippen molar-refractivity contribution in [1.29, 1.82) is 0 Å². The van der Waals surface area contributed by atoms with Crippen LogP contribution in [0.3, 0.4) is 0 Å². The third kappa shape index (κ3) is 11.1. The van der Waals surface area contributed by atoms with Gasteiger partial charge in [-0.15, -0.1) is 0 Å². The van der Waals surface area contributed by atoms with Gasteiger partial charge in [0.05, 0.1) is 0 Å². The van der Waals surface area contributed by atoms with Crippen molar-refractivity contribution in [2.75, 3.05) is 0 Å². The van der Waals surface area contributed by atoms with E-state index >= 15 is 0 Å². The zero-order valence-corrected chi connectivity index (χ0v) is 10.3. The number of ketones is 1. The summed E-state index contributed by atoms with van der Waals surface area (Å²) in [6.07, 6.45) is 13.2. The molecule has 0 aromatic rings. The lowest BCUT2D eigenvalue weighted by atomic mass is 10.1. The Morgan fingerprint density at radius 3 is 2.53 bits per heavy atom. The third-order valence-electron chi connectivity index (χ3n) is 2.28. The largest absolute Gasteiger partial charge is 0.295 e. The van der Waals surface area contributed by atoms with E-state index in [2.05, 4.69) is 19.9 Å². The average Bonchev–Trinajstić information content (AvgIpc) is 2.21. The molecule has 0 aromatic carbocycles. The lowest BCUT2D eigenvalue weighted by Crippen LogP contribution is -1.86. The number of allylic oxidation sites excluding steroid dienone is 4. The fraction of sp³-hybridized carbons (Fsp3) is 0.643. The second-order valence-electron chi connectivity index (χ2n) is 4.29. The molecule has 0 saturated heterocycles. The first-order valence-electron chi connectivity index (χ1n) is 6.02. The molecule has 0 aliphatic rings. The molecule has 0 aliphatic heterocycles. The van der Waals surface area contributed by atoms with E-state index in [1.54, 1.807) is 6.08 Å². The maximum absolute atomic E-state index is 10.9. The first-order chi connectivity index (χ1) is 7.16. The standard InChI is InChI=1S/C14H24O/c1-4-14(15)12-10-8-6-5-7-9-11-13(2)3/h6,8,10,12-13H,4-5,7,9,11H2,1-3H3/b8-6+,12-10-. The number of hydrogen-bond donors (Lipinski definition) is 0. The van der Waals surface area contributed by atoms with Crippen molar-refractivity contribution in [2.45, 2.75) is 52.9 Å². The average molecular weight is 208 g/mol. The minimum atomic E-state index is 0.194. The van der Waals surface area contributed by atoms with Gasteiger partial charge in [-0.2, -0.15) is 0 Å². The molecule has 0 aromatic heterocycles. The van der Waals surface area contributed by atoms with Crippen LogP contribution in [-0.4, -0.2) is 5.78 Å². The van der Waals surface area contributed by atoms with Crippen LogP contribution in [0, 0.1) is 5.92 Å². The van der Waals surface area contributed by atoms with Crippen LogP contribution in [0.1, 0.15) is 52.9 Å². The summed E-state index contributed by atoms with van der Waals surface area (Å²) in [6.45, 7) is 6.40. The van der Waals surface area contributed by atoms with Gasteiger partial charge in [-0.1, -0.05) is 51.8 Å². The van der Waals surface area contributed by atoms with Crippen LogP contribution in [-0.2, 0) is 4.79 Å². The highest BCUT2D eigenvalue weighted by Gasteiger charge is 1.91. The lowest BCUT2D eigenvalue weighted by Gasteiger charge is -2.01. The van der Waals surface area contributed by atoms with Crippen LogP contribution in [0.15, 0.2) is 24.3 Å². The van der Waals surface area contributed by atoms with Crippen LogP contribution in [0.4, 0.5) is 0 Å². The fourth-order valence-corrected chi connectivity index (χ4v) is 1.27. The Kier molecular flexibility index (Phi) is 9.15. The molecule has 0 unspecified atom stereocenters. The highest BCUT2D eigenvalue weighted by molar-refractivity contribution is 5.89. The predicted molar refractivity (Wildman–Crippen MR) is 66.9 cm³/mol. The van der Waals surface area contributed by atoms with Crippen molar-refractivity contribution in [1.82, 2.24) is 0 Å². The molecular formula is C14H24O. The summed E-state index contributed by atoms with van der Waals surface area (Å²) >= 11 is 0. The van der Waals surface area contributed by atoms with E-state index < -0.39 is 0 Å². The lowest BCUT2D eigenvalue weighted by molar-refractivity contribution is -0.114. The highest BCUT2D eigenvalue weighted by Crippen LogP contribution is 2.08. The zero-order chi connectivity index (χ0) is 11.5. The van der Waals surface area contributed by atoms with Crippen molar-refractivity contribution < 1.29 is 4.79 Å². The third-order valence-corrected chi connectivity index (χ3v) is 2.28. The van der Waals surface area contributed by atoms with Crippen LogP contribution < -0.4 is 0 Å². The van der Waals surface area contributed by atoms with Crippen LogP contribution >= 0.6 is 0 Å². The van der Waals surface area contributed by atoms with Gasteiger partial charge < -0.3 is 0 Å². The van der Waals surface area contributed by atoms with E-state index in [9.17, 15) is 4.79 Å². The fourth-order valence-electron chi connectivity index (χ4n) is 1.27. The molecule has 0 rings (SSSR count). The number of carbonyl (C=O) groups is 1. The Bertz CT molecular complexity index is 211. The number of unbranched alkanes of at least 4 members (excludes halogenated alkanes) is 2. The van der Waals surface area contributed by atoms with Gasteiger partial charge in [-0.25, -0.2) is 0 Å². The quantitative estimate of drug-likeness (QED) is 0.330. The van der Waals surface area contributed by atoms with Crippen LogP contribution in [0.25, 0.3) is 0 Å². The second kappa shape index (κ2) is 9.70. The van der Waals surface area contributed by atoms with E-state index in [0.29, 0.717) is 6.42 Å². The van der Waals surface area contributed by atoms with Gasteiger partial charge in [0.1, 0.15) is 0 Å². The van der Waals surface area contributed by atoms with Crippen molar-refractivity contribution in [2.24, 2.45) is 5.92 Å². The topological polar surface area (TPSA) is 17.1 Å². The number of rotatable bonds is 8. The normalized spacial score (nSPS) is 12.0. The number of carbonyl (C=O) groups excluding carboxylic acids is 1. The Hall–Kier alpha value is -0.850. The molecule has 1 heteroatoms. The molecule has 86 valence electrons. The summed E-state index contributed by atoms with van der Waals surface area (Å²) in [4.78, 5) is 10.9.